The van der Waals surface area contributed by atoms with Gasteiger partial charge in [0.15, 0.2) is 6.04 Å². The summed E-state index contributed by atoms with van der Waals surface area (Å²) in [7, 11) is 8.07. The molecule has 1 unspecified atom stereocenters. The number of carboxylic acids is 1. The van der Waals surface area contributed by atoms with Crippen molar-refractivity contribution in [1.29, 1.82) is 0 Å². The van der Waals surface area contributed by atoms with Crippen molar-refractivity contribution in [2.75, 3.05) is 42.7 Å². The Morgan fingerprint density at radius 2 is 0.803 bits per heavy atom. The highest BCUT2D eigenvalue weighted by molar-refractivity contribution is 6.08. The van der Waals surface area contributed by atoms with Crippen molar-refractivity contribution in [1.82, 2.24) is 55.5 Å². The molecule has 16 rings (SSSR count). The van der Waals surface area contributed by atoms with Crippen molar-refractivity contribution in [3.63, 3.8) is 0 Å². The molecule has 0 bridgehead atoms. The first-order valence-electron chi connectivity index (χ1n) is 43.5. The average molecular weight is 1750 g/mol. The monoisotopic (exact) mass is 1740 g/mol. The molecule has 4 saturated heterocycles. The number of likely N-dealkylation sites (tertiary alicyclic amines) is 4. The lowest BCUT2D eigenvalue weighted by Gasteiger charge is -2.34. The number of nitrogens with zero attached hydrogens (tertiary/aromatic N) is 8. The van der Waals surface area contributed by atoms with Crippen LogP contribution in [0.2, 0.25) is 0 Å². The minimum Gasteiger partial charge on any atom is -0.488 e. The van der Waals surface area contributed by atoms with Gasteiger partial charge in [0.25, 0.3) is 0 Å². The molecular weight excluding hydrogens is 1630 g/mol. The van der Waals surface area contributed by atoms with Crippen LogP contribution in [0.25, 0.3) is 66.3 Å². The normalized spacial score (nSPS) is 21.5. The number of hydrogen-bond donors (Lipinski definition) is 6. The first-order valence-corrected chi connectivity index (χ1v) is 43.5. The van der Waals surface area contributed by atoms with Gasteiger partial charge in [0.05, 0.1) is 99.0 Å². The van der Waals surface area contributed by atoms with Gasteiger partial charge in [-0.2, -0.15) is 0 Å². The van der Waals surface area contributed by atoms with E-state index in [1.54, 1.807) is 24.9 Å². The topological polar surface area (TPSA) is 380 Å². The zero-order chi connectivity index (χ0) is 91.1. The molecule has 0 spiro atoms. The van der Waals surface area contributed by atoms with E-state index in [0.29, 0.717) is 38.3 Å². The van der Waals surface area contributed by atoms with E-state index in [-0.39, 0.29) is 72.3 Å². The molecule has 8 aliphatic heterocycles. The lowest BCUT2D eigenvalue weighted by molar-refractivity contribution is -0.143. The fourth-order valence-electron chi connectivity index (χ4n) is 18.6. The summed E-state index contributed by atoms with van der Waals surface area (Å²) < 4.78 is 54.0. The number of aromatic amines is 2. The van der Waals surface area contributed by atoms with Gasteiger partial charge in [0.1, 0.15) is 59.6 Å². The second kappa shape index (κ2) is 37.4. The number of ether oxygens (including phenoxy) is 10. The summed E-state index contributed by atoms with van der Waals surface area (Å²) in [6, 6.07) is 26.2. The standard InChI is InChI=1S/C46H55N7O9.C42H49N5O5.C7H13NO5/c1-23-9-15-37(52(23)43(54)40(25(3)58-5)50-45(56)60-7)35-19-32-31-20-39-33(18-27(31)12-14-34(32)48-35)30-13-11-28(17-29(30)22-62-39)36-21-47-42(49-36)38-16-10-24(2)53(38)44(55)41(26(4)59-6)51-46(57)61-8;1-23-9-15-35(46(23)39(48)51-41(3,4)5)33-19-30-29-20-37-31(18-25(29)12-14-32(30)44-33)28-13-11-26(17-27(28)22-50-37)34-21-43-38(45-34)36-16-10-24(2)47(36)40(49)52-42(6,7)8;1-4(12-2)5(6(9)10)8-7(11)13-3/h11-14,17-18,20-21,23-26,37-38,40-41H,9-10,15-16,19,22H2,1-8H3,(H,47,49)(H,50,56)(H,51,57);11-14,17-18,20-21,23-24,35-36H,9-10,15-16,19,22H2,1-8H3,(H,43,45);4-5H,1-3H3,(H,8,11)(H,9,10)/t23-,24-,25+,26?,37-,38-,40-,41-;23-,24-,35-,36-;4-,5+/m001/s1. The molecule has 0 radical (unpaired) electrons. The number of benzene rings is 6. The van der Waals surface area contributed by atoms with E-state index in [1.807, 2.05) is 82.4 Å². The molecule has 676 valence electrons. The maximum absolute atomic E-state index is 14.1. The zero-order valence-corrected chi connectivity index (χ0v) is 75.7. The number of aliphatic carboxylic acids is 1. The van der Waals surface area contributed by atoms with Crippen molar-refractivity contribution in [3.8, 4) is 56.3 Å². The number of hydrogen-bond acceptors (Lipinski definition) is 22. The predicted molar refractivity (Wildman–Crippen MR) is 477 cm³/mol. The van der Waals surface area contributed by atoms with Crippen LogP contribution in [0.1, 0.15) is 187 Å². The van der Waals surface area contributed by atoms with Gasteiger partial charge in [0.2, 0.25) is 11.8 Å². The lowest BCUT2D eigenvalue weighted by atomic mass is 9.91. The van der Waals surface area contributed by atoms with Gasteiger partial charge in [-0.15, -0.1) is 0 Å². The van der Waals surface area contributed by atoms with Crippen LogP contribution in [0.3, 0.4) is 0 Å². The summed E-state index contributed by atoms with van der Waals surface area (Å²) in [5.41, 5.74) is 15.1. The van der Waals surface area contributed by atoms with E-state index in [2.05, 4.69) is 123 Å². The Hall–Kier alpha value is -12.2. The maximum Gasteiger partial charge on any atom is 0.411 e. The zero-order valence-electron chi connectivity index (χ0n) is 75.7. The Morgan fingerprint density at radius 3 is 1.19 bits per heavy atom. The molecule has 32 nitrogen and oxygen atoms in total. The second-order valence-electron chi connectivity index (χ2n) is 36.0. The molecule has 127 heavy (non-hydrogen) atoms. The van der Waals surface area contributed by atoms with Crippen LogP contribution >= 0.6 is 0 Å². The number of aromatic nitrogens is 4. The van der Waals surface area contributed by atoms with Crippen molar-refractivity contribution < 1.29 is 90.8 Å². The first-order chi connectivity index (χ1) is 60.5. The van der Waals surface area contributed by atoms with Gasteiger partial charge < -0.3 is 88.2 Å². The quantitative estimate of drug-likeness (QED) is 0.0435. The van der Waals surface area contributed by atoms with Gasteiger partial charge in [-0.05, 0) is 256 Å². The Kier molecular flexibility index (Phi) is 26.8. The van der Waals surface area contributed by atoms with Crippen molar-refractivity contribution in [2.45, 2.75) is 263 Å². The van der Waals surface area contributed by atoms with Crippen molar-refractivity contribution in [3.05, 3.63) is 131 Å². The van der Waals surface area contributed by atoms with Gasteiger partial charge in [0, 0.05) is 80.9 Å². The smallest absolute Gasteiger partial charge is 0.411 e. The van der Waals surface area contributed by atoms with Crippen LogP contribution in [-0.2, 0) is 78.3 Å². The molecular formula is C95H117N13O19. The number of carboxylic acid groups (broad SMARTS) is 1. The molecule has 10 heterocycles. The molecule has 8 aliphatic rings. The van der Waals surface area contributed by atoms with Gasteiger partial charge in [-0.1, -0.05) is 36.4 Å². The Morgan fingerprint density at radius 1 is 0.449 bits per heavy atom. The number of methoxy groups -OCH3 is 6. The predicted octanol–water partition coefficient (Wildman–Crippen LogP) is 15.9. The molecule has 4 fully saturated rings. The number of nitrogens with one attached hydrogen (secondary N) is 5. The number of imidazole rings is 2. The van der Waals surface area contributed by atoms with Crippen LogP contribution in [0.5, 0.6) is 11.5 Å². The molecule has 0 saturated carbocycles. The summed E-state index contributed by atoms with van der Waals surface area (Å²) in [6.45, 7) is 25.5. The van der Waals surface area contributed by atoms with Crippen LogP contribution < -0.4 is 25.4 Å². The summed E-state index contributed by atoms with van der Waals surface area (Å²) in [6.07, 6.45) is 7.05. The SMILES string of the molecule is COC(=O)N[C@H](C(=O)N1[C@@H](C)CC[C@H]1c1ncc(-c2ccc3c(c2)COc2cc4c5c(ccc4cc2-3)N=C([C@@H]2CC[C@H](C)N2C(=O)[C@@H](NC(=O)OC)[C@@H](C)OC)C5)[nH]1)C(C)OC.COC(=O)N[C@H](C(=O)O)[C@@H](C)OC.C[C@H]1CC[C@@H](C2=Nc3ccc4cc5c(cc4c3C2)OCc2cc(-c3cnc([C@@H]4CC[C@H](C)N4C(=O)OC(C)(C)C)[nH]3)ccc2-5)N1C(=O)OC(C)(C)C. The summed E-state index contributed by atoms with van der Waals surface area (Å²) in [4.78, 5) is 134. The number of rotatable bonds is 18. The second-order valence-corrected chi connectivity index (χ2v) is 36.0. The number of carbonyl (C=O) groups excluding carboxylic acids is 7. The first kappa shape index (κ1) is 91.1. The van der Waals surface area contributed by atoms with Gasteiger partial charge in [-0.3, -0.25) is 29.4 Å². The van der Waals surface area contributed by atoms with E-state index >= 15 is 0 Å². The molecule has 14 atom stereocenters. The number of fused-ring (bicyclic) bond motifs is 12. The van der Waals surface area contributed by atoms with E-state index in [0.717, 1.165) is 175 Å². The molecule has 7 amide bonds. The van der Waals surface area contributed by atoms with Crippen molar-refractivity contribution >= 4 is 92.6 Å². The highest BCUT2D eigenvalue weighted by Crippen LogP contribution is 2.49. The summed E-state index contributed by atoms with van der Waals surface area (Å²) >= 11 is 0. The Balaban J connectivity index is 0.000000182. The van der Waals surface area contributed by atoms with Crippen LogP contribution in [-0.4, -0.2) is 231 Å². The summed E-state index contributed by atoms with van der Waals surface area (Å²) in [5, 5.41) is 20.5. The van der Waals surface area contributed by atoms with E-state index in [4.69, 9.17) is 67.7 Å². The number of alkyl carbamates (subject to hydrolysis) is 3. The lowest BCUT2D eigenvalue weighted by Crippen LogP contribution is -2.57. The maximum atomic E-state index is 14.1. The van der Waals surface area contributed by atoms with Crippen LogP contribution in [0.15, 0.2) is 107 Å². The van der Waals surface area contributed by atoms with Crippen LogP contribution in [0.4, 0.5) is 35.3 Å². The fourth-order valence-corrected chi connectivity index (χ4v) is 18.6. The Labute approximate surface area is 738 Å². The molecule has 6 aromatic carbocycles. The fraction of sp³-hybridized carbons (Fsp3) is 0.495. The number of carbonyl (C=O) groups is 8. The largest absolute Gasteiger partial charge is 0.488 e. The molecule has 6 N–H and O–H groups in total. The van der Waals surface area contributed by atoms with Crippen molar-refractivity contribution in [2.24, 2.45) is 9.98 Å². The number of amides is 7. The van der Waals surface area contributed by atoms with Gasteiger partial charge >= 0.3 is 36.4 Å². The molecule has 8 aromatic rings. The molecule has 2 aromatic heterocycles. The van der Waals surface area contributed by atoms with Crippen LogP contribution in [0, 0.1) is 0 Å². The minimum absolute atomic E-state index is 0.0448. The van der Waals surface area contributed by atoms with E-state index < -0.39 is 71.9 Å². The highest BCUT2D eigenvalue weighted by atomic mass is 16.6. The highest BCUT2D eigenvalue weighted by Gasteiger charge is 2.47. The average Bonchev–Trinajstić information content (AvgIpc) is 1.73. The molecule has 32 heteroatoms. The molecule has 0 aliphatic carbocycles. The van der Waals surface area contributed by atoms with E-state index in [1.165, 1.54) is 48.0 Å². The third-order valence-electron chi connectivity index (χ3n) is 25.5. The number of aliphatic imine (C=N–C) groups is 2. The van der Waals surface area contributed by atoms with E-state index in [9.17, 15) is 38.4 Å². The van der Waals surface area contributed by atoms with Gasteiger partial charge in [-0.25, -0.2) is 38.7 Å². The summed E-state index contributed by atoms with van der Waals surface area (Å²) in [5.74, 6) is 1.46. The Bertz CT molecular complexity index is 5610. The number of H-pyrrole nitrogens is 2. The third-order valence-corrected chi connectivity index (χ3v) is 25.5. The minimum atomic E-state index is -1.17. The third kappa shape index (κ3) is 19.0.